The second kappa shape index (κ2) is 19.1. The first-order valence-corrected chi connectivity index (χ1v) is 19.0. The van der Waals surface area contributed by atoms with Crippen LogP contribution in [0.5, 0.6) is 5.75 Å². The Morgan fingerprint density at radius 3 is 2.31 bits per heavy atom. The Balaban J connectivity index is 0.966. The van der Waals surface area contributed by atoms with Crippen molar-refractivity contribution in [3.63, 3.8) is 0 Å². The lowest BCUT2D eigenvalue weighted by atomic mass is 9.99. The molecule has 0 aliphatic carbocycles. The van der Waals surface area contributed by atoms with Gasteiger partial charge in [0.25, 0.3) is 23.6 Å². The zero-order chi connectivity index (χ0) is 41.9. The van der Waals surface area contributed by atoms with Crippen LogP contribution in [0.1, 0.15) is 67.1 Å². The van der Waals surface area contributed by atoms with Gasteiger partial charge in [0.05, 0.1) is 27.9 Å². The maximum absolute atomic E-state index is 13.2. The molecule has 5 aromatic rings. The number of hydrogen-bond donors (Lipinski definition) is 5. The smallest absolute Gasteiger partial charge is 0.257 e. The number of benzene rings is 4. The number of nitrogens with one attached hydrogen (secondary N) is 5. The van der Waals surface area contributed by atoms with E-state index in [0.29, 0.717) is 54.5 Å². The van der Waals surface area contributed by atoms with E-state index in [1.165, 1.54) is 30.1 Å². The predicted octanol–water partition coefficient (Wildman–Crippen LogP) is 4.40. The first-order chi connectivity index (χ1) is 28.6. The number of unbranched alkanes of at least 4 members (excludes halogenated alkanes) is 1. The fourth-order valence-corrected chi connectivity index (χ4v) is 6.63. The van der Waals surface area contributed by atoms with E-state index in [2.05, 4.69) is 31.6 Å². The number of aromatic nitrogens is 1. The van der Waals surface area contributed by atoms with Gasteiger partial charge in [-0.05, 0) is 78.9 Å². The van der Waals surface area contributed by atoms with Gasteiger partial charge in [0.2, 0.25) is 11.8 Å². The van der Waals surface area contributed by atoms with Crippen molar-refractivity contribution < 1.29 is 38.3 Å². The molecule has 15 nitrogen and oxygen atoms in total. The summed E-state index contributed by atoms with van der Waals surface area (Å²) in [6.07, 6.45) is 3.42. The molecule has 0 radical (unpaired) electrons. The van der Waals surface area contributed by atoms with Gasteiger partial charge in [0.15, 0.2) is 12.9 Å². The van der Waals surface area contributed by atoms with Crippen molar-refractivity contribution in [3.8, 4) is 16.9 Å². The lowest BCUT2D eigenvalue weighted by molar-refractivity contribution is -0.136. The first-order valence-electron chi connectivity index (χ1n) is 19.0. The number of amides is 6. The number of piperidine rings is 1. The minimum atomic E-state index is -0.873. The number of aldehydes is 1. The number of carbonyl (C=O) groups excluding carboxylic acids is 7. The quantitative estimate of drug-likeness (QED) is 0.0541. The van der Waals surface area contributed by atoms with Gasteiger partial charge in [0, 0.05) is 56.4 Å². The molecule has 1 aliphatic heterocycles. The van der Waals surface area contributed by atoms with E-state index < -0.39 is 36.3 Å². The molecule has 2 heterocycles. The molecule has 1 atom stereocenters. The van der Waals surface area contributed by atoms with Gasteiger partial charge in [-0.1, -0.05) is 42.5 Å². The van der Waals surface area contributed by atoms with E-state index >= 15 is 0 Å². The highest BCUT2D eigenvalue weighted by atomic mass is 16.5. The van der Waals surface area contributed by atoms with E-state index in [4.69, 9.17) is 4.74 Å². The second-order valence-electron chi connectivity index (χ2n) is 13.7. The Hall–Kier alpha value is -7.42. The van der Waals surface area contributed by atoms with Crippen molar-refractivity contribution in [1.29, 1.82) is 0 Å². The van der Waals surface area contributed by atoms with Gasteiger partial charge in [-0.2, -0.15) is 0 Å². The lowest BCUT2D eigenvalue weighted by Crippen LogP contribution is -2.53. The van der Waals surface area contributed by atoms with E-state index in [-0.39, 0.29) is 41.5 Å². The fourth-order valence-electron chi connectivity index (χ4n) is 6.63. The molecular weight excluding hydrogens is 755 g/mol. The summed E-state index contributed by atoms with van der Waals surface area (Å²) in [5, 5.41) is 14.7. The summed E-state index contributed by atoms with van der Waals surface area (Å²) in [6.45, 7) is 0.288. The summed E-state index contributed by atoms with van der Waals surface area (Å²) in [4.78, 5) is 92.9. The minimum Gasteiger partial charge on any atom is -0.483 e. The molecule has 1 saturated heterocycles. The van der Waals surface area contributed by atoms with Gasteiger partial charge >= 0.3 is 0 Å². The number of ether oxygens (including phenoxy) is 1. The average Bonchev–Trinajstić information content (AvgIpc) is 3.26. The standard InChI is InChI=1S/C44H43N7O8/c1-45-42(56)33-24-48-35-18-17-29(23-32(35)40(33)49-30-9-4-3-5-10-30)27-13-15-28(16-14-27)41(55)47-22-7-6-21-46-39(54)26-59-37-12-8-11-31(34(37)25-52)44(58)51(2)36-19-20-38(53)50-43(36)57/h3-5,8-18,23-25,36H,6-7,19-22,26H2,1-2H3,(H,45,56)(H,46,54)(H,47,55)(H,48,49)(H,50,53,57). The number of likely N-dealkylation sites (N-methyl/N-ethyl adjacent to an activating group) is 1. The number of carbonyl (C=O) groups is 7. The van der Waals surface area contributed by atoms with Crippen molar-refractivity contribution in [1.82, 2.24) is 31.2 Å². The maximum atomic E-state index is 13.2. The Morgan fingerprint density at radius 2 is 1.59 bits per heavy atom. The third-order valence-electron chi connectivity index (χ3n) is 9.85. The van der Waals surface area contributed by atoms with Crippen LogP contribution in [-0.4, -0.2) is 91.4 Å². The summed E-state index contributed by atoms with van der Waals surface area (Å²) in [6, 6.07) is 26.1. The largest absolute Gasteiger partial charge is 0.483 e. The summed E-state index contributed by atoms with van der Waals surface area (Å²) in [5.74, 6) is -2.53. The van der Waals surface area contributed by atoms with Gasteiger partial charge in [-0.25, -0.2) is 0 Å². The first kappa shape index (κ1) is 41.2. The Bertz CT molecular complexity index is 2400. The number of hydrogen-bond acceptors (Lipinski definition) is 10. The Labute approximate surface area is 339 Å². The maximum Gasteiger partial charge on any atom is 0.257 e. The molecule has 6 rings (SSSR count). The fraction of sp³-hybridized carbons (Fsp3) is 0.227. The summed E-state index contributed by atoms with van der Waals surface area (Å²) < 4.78 is 5.58. The van der Waals surface area contributed by atoms with Crippen LogP contribution >= 0.6 is 0 Å². The van der Waals surface area contributed by atoms with Gasteiger partial charge in [0.1, 0.15) is 11.8 Å². The molecular formula is C44H43N7O8. The molecule has 1 fully saturated rings. The Morgan fingerprint density at radius 1 is 0.864 bits per heavy atom. The number of anilines is 2. The Kier molecular flexibility index (Phi) is 13.4. The van der Waals surface area contributed by atoms with Crippen LogP contribution in [0, 0.1) is 0 Å². The van der Waals surface area contributed by atoms with Crippen molar-refractivity contribution >= 4 is 64.0 Å². The normalized spacial score (nSPS) is 13.5. The zero-order valence-electron chi connectivity index (χ0n) is 32.5. The molecule has 59 heavy (non-hydrogen) atoms. The molecule has 5 N–H and O–H groups in total. The monoisotopic (exact) mass is 797 g/mol. The highest BCUT2D eigenvalue weighted by Gasteiger charge is 2.33. The number of para-hydroxylation sites is 1. The minimum absolute atomic E-state index is 0.00424. The van der Waals surface area contributed by atoms with Gasteiger partial charge in [-0.15, -0.1) is 0 Å². The van der Waals surface area contributed by atoms with E-state index in [9.17, 15) is 33.6 Å². The SMILES string of the molecule is CNC(=O)c1cnc2ccc(-c3ccc(C(=O)NCCCCNC(=O)COc4cccc(C(=O)N(C)C5CCC(=O)NC5=O)c4C=O)cc3)cc2c1Nc1ccccc1. The van der Waals surface area contributed by atoms with Crippen molar-refractivity contribution in [2.45, 2.75) is 31.7 Å². The molecule has 4 aromatic carbocycles. The number of pyridine rings is 1. The number of rotatable bonds is 16. The van der Waals surface area contributed by atoms with E-state index in [0.717, 1.165) is 22.2 Å². The number of imide groups is 1. The van der Waals surface area contributed by atoms with E-state index in [1.807, 2.05) is 60.7 Å². The van der Waals surface area contributed by atoms with E-state index in [1.54, 1.807) is 25.4 Å². The summed E-state index contributed by atoms with van der Waals surface area (Å²) >= 11 is 0. The zero-order valence-corrected chi connectivity index (χ0v) is 32.5. The van der Waals surface area contributed by atoms with Crippen LogP contribution in [0.2, 0.25) is 0 Å². The molecule has 0 bridgehead atoms. The highest BCUT2D eigenvalue weighted by Crippen LogP contribution is 2.33. The van der Waals surface area contributed by atoms with Crippen LogP contribution in [0.3, 0.4) is 0 Å². The van der Waals surface area contributed by atoms with Crippen LogP contribution < -0.4 is 31.3 Å². The third-order valence-corrected chi connectivity index (χ3v) is 9.85. The number of nitrogens with zero attached hydrogens (tertiary/aromatic N) is 2. The van der Waals surface area contributed by atoms with Crippen LogP contribution in [-0.2, 0) is 14.4 Å². The van der Waals surface area contributed by atoms with Gasteiger partial charge < -0.3 is 30.9 Å². The molecule has 1 aliphatic rings. The van der Waals surface area contributed by atoms with Gasteiger partial charge in [-0.3, -0.25) is 43.9 Å². The molecule has 0 spiro atoms. The van der Waals surface area contributed by atoms with Crippen molar-refractivity contribution in [2.24, 2.45) is 0 Å². The van der Waals surface area contributed by atoms with Crippen molar-refractivity contribution in [2.75, 3.05) is 39.1 Å². The third kappa shape index (κ3) is 9.94. The topological polar surface area (TPSA) is 205 Å². The number of fused-ring (bicyclic) bond motifs is 1. The van der Waals surface area contributed by atoms with Crippen LogP contribution in [0.4, 0.5) is 11.4 Å². The molecule has 6 amide bonds. The average molecular weight is 798 g/mol. The van der Waals surface area contributed by atoms with Crippen LogP contribution in [0.15, 0.2) is 97.2 Å². The highest BCUT2D eigenvalue weighted by molar-refractivity contribution is 6.09. The second-order valence-corrected chi connectivity index (χ2v) is 13.7. The molecule has 15 heteroatoms. The molecule has 1 unspecified atom stereocenters. The summed E-state index contributed by atoms with van der Waals surface area (Å²) in [7, 11) is 2.99. The molecule has 0 saturated carbocycles. The lowest BCUT2D eigenvalue weighted by Gasteiger charge is -2.30. The molecule has 1 aromatic heterocycles. The predicted molar refractivity (Wildman–Crippen MR) is 220 cm³/mol. The van der Waals surface area contributed by atoms with Crippen LogP contribution in [0.25, 0.3) is 22.0 Å². The van der Waals surface area contributed by atoms with Crippen molar-refractivity contribution in [3.05, 3.63) is 119 Å². The summed E-state index contributed by atoms with van der Waals surface area (Å²) in [5.41, 5.74) is 4.75. The molecule has 302 valence electrons.